The Morgan fingerprint density at radius 3 is 2.61 bits per heavy atom. The number of pyridine rings is 1. The summed E-state index contributed by atoms with van der Waals surface area (Å²) >= 11 is 4.77. The van der Waals surface area contributed by atoms with Crippen molar-refractivity contribution >= 4 is 34.2 Å². The zero-order chi connectivity index (χ0) is 23.6. The van der Waals surface area contributed by atoms with Crippen LogP contribution in [0.4, 0.5) is 14.5 Å². The normalized spacial score (nSPS) is 11.5. The lowest BCUT2D eigenvalue weighted by atomic mass is 10.0. The molecule has 4 rings (SSSR count). The lowest BCUT2D eigenvalue weighted by Gasteiger charge is -2.12. The van der Waals surface area contributed by atoms with Gasteiger partial charge in [0.25, 0.3) is 5.91 Å². The Labute approximate surface area is 192 Å². The first-order valence-electron chi connectivity index (χ1n) is 9.81. The first kappa shape index (κ1) is 22.6. The predicted octanol–water partition coefficient (Wildman–Crippen LogP) is 5.20. The van der Waals surface area contributed by atoms with E-state index in [1.54, 1.807) is 31.6 Å². The summed E-state index contributed by atoms with van der Waals surface area (Å²) < 4.78 is 37.0. The fourth-order valence-corrected chi connectivity index (χ4v) is 3.56. The molecule has 0 fully saturated rings. The molecule has 2 heterocycles. The van der Waals surface area contributed by atoms with Gasteiger partial charge in [0.2, 0.25) is 0 Å². The standard InChI is InChI=1S/C23H19ClF2N4O3/c1-30-20(13-32-2)29-19-11-15(10-18(21(19)30)14-4-3-9-27-12-14)22(31)28-16-5-7-17(8-6-16)33-23(24,25)26/h3-12H,13H2,1-2H3,(H,28,31). The number of aromatic nitrogens is 3. The van der Waals surface area contributed by atoms with E-state index in [0.29, 0.717) is 29.2 Å². The third-order valence-electron chi connectivity index (χ3n) is 4.92. The number of imidazole rings is 1. The van der Waals surface area contributed by atoms with E-state index >= 15 is 0 Å². The molecule has 33 heavy (non-hydrogen) atoms. The summed E-state index contributed by atoms with van der Waals surface area (Å²) in [6, 6.07) is 12.6. The highest BCUT2D eigenvalue weighted by Crippen LogP contribution is 2.31. The summed E-state index contributed by atoms with van der Waals surface area (Å²) in [5.41, 5.74) is 0.0428. The molecule has 0 aliphatic rings. The summed E-state index contributed by atoms with van der Waals surface area (Å²) in [4.78, 5) is 21.8. The molecule has 0 saturated carbocycles. The Kier molecular flexibility index (Phi) is 6.26. The van der Waals surface area contributed by atoms with Gasteiger partial charge < -0.3 is 19.4 Å². The number of nitrogens with zero attached hydrogens (tertiary/aromatic N) is 3. The molecule has 1 amide bonds. The van der Waals surface area contributed by atoms with E-state index in [-0.39, 0.29) is 5.75 Å². The number of methoxy groups -OCH3 is 1. The number of ether oxygens (including phenoxy) is 2. The van der Waals surface area contributed by atoms with Crippen molar-refractivity contribution in [3.63, 3.8) is 0 Å². The maximum atomic E-state index is 13.0. The minimum absolute atomic E-state index is 0.132. The number of hydrogen-bond donors (Lipinski definition) is 1. The van der Waals surface area contributed by atoms with Crippen molar-refractivity contribution in [2.75, 3.05) is 12.4 Å². The molecule has 0 atom stereocenters. The highest BCUT2D eigenvalue weighted by atomic mass is 35.5. The zero-order valence-electron chi connectivity index (χ0n) is 17.7. The van der Waals surface area contributed by atoms with Gasteiger partial charge in [0.1, 0.15) is 18.2 Å². The monoisotopic (exact) mass is 472 g/mol. The van der Waals surface area contributed by atoms with Crippen molar-refractivity contribution in [3.05, 3.63) is 72.3 Å². The van der Waals surface area contributed by atoms with E-state index in [1.807, 2.05) is 23.7 Å². The van der Waals surface area contributed by atoms with Crippen LogP contribution in [0.25, 0.3) is 22.2 Å². The van der Waals surface area contributed by atoms with Crippen LogP contribution in [0.3, 0.4) is 0 Å². The second-order valence-corrected chi connectivity index (χ2v) is 7.62. The molecule has 2 aromatic heterocycles. The first-order valence-corrected chi connectivity index (χ1v) is 10.2. The average molecular weight is 473 g/mol. The van der Waals surface area contributed by atoms with Crippen LogP contribution in [-0.2, 0) is 18.4 Å². The minimum atomic E-state index is -3.81. The molecule has 4 aromatic rings. The molecule has 0 aliphatic heterocycles. The second kappa shape index (κ2) is 9.13. The number of nitrogens with one attached hydrogen (secondary N) is 1. The van der Waals surface area contributed by atoms with Crippen LogP contribution in [0.5, 0.6) is 5.75 Å². The van der Waals surface area contributed by atoms with Crippen LogP contribution in [0.2, 0.25) is 0 Å². The number of aryl methyl sites for hydroxylation is 1. The quantitative estimate of drug-likeness (QED) is 0.374. The minimum Gasteiger partial charge on any atom is -0.420 e. The summed E-state index contributed by atoms with van der Waals surface area (Å²) in [7, 11) is 3.47. The van der Waals surface area contributed by atoms with Gasteiger partial charge in [-0.2, -0.15) is 0 Å². The lowest BCUT2D eigenvalue weighted by Crippen LogP contribution is -2.16. The Morgan fingerprint density at radius 1 is 1.21 bits per heavy atom. The van der Waals surface area contributed by atoms with E-state index in [4.69, 9.17) is 16.3 Å². The molecule has 0 saturated heterocycles. The van der Waals surface area contributed by atoms with Gasteiger partial charge in [-0.15, -0.1) is 8.78 Å². The highest BCUT2D eigenvalue weighted by molar-refractivity contribution is 6.20. The number of rotatable bonds is 7. The number of hydrogen-bond acceptors (Lipinski definition) is 5. The van der Waals surface area contributed by atoms with Gasteiger partial charge in [-0.05, 0) is 42.5 Å². The number of fused-ring (bicyclic) bond motifs is 1. The van der Waals surface area contributed by atoms with Crippen molar-refractivity contribution in [1.82, 2.24) is 14.5 Å². The van der Waals surface area contributed by atoms with Gasteiger partial charge in [-0.1, -0.05) is 6.07 Å². The third-order valence-corrected chi connectivity index (χ3v) is 4.99. The Hall–Kier alpha value is -3.56. The fraction of sp³-hybridized carbons (Fsp3) is 0.174. The molecule has 170 valence electrons. The van der Waals surface area contributed by atoms with Gasteiger partial charge in [-0.25, -0.2) is 4.98 Å². The Morgan fingerprint density at radius 2 is 1.97 bits per heavy atom. The van der Waals surface area contributed by atoms with Crippen molar-refractivity contribution < 1.29 is 23.0 Å². The molecule has 7 nitrogen and oxygen atoms in total. The number of halogens is 3. The summed E-state index contributed by atoms with van der Waals surface area (Å²) in [6.45, 7) is 0.314. The molecule has 0 unspecified atom stereocenters. The first-order chi connectivity index (χ1) is 15.7. The molecular weight excluding hydrogens is 454 g/mol. The molecule has 0 aliphatic carbocycles. The Bertz CT molecular complexity index is 1290. The van der Waals surface area contributed by atoms with Crippen LogP contribution >= 0.6 is 11.6 Å². The van der Waals surface area contributed by atoms with Crippen molar-refractivity contribution in [2.45, 2.75) is 12.2 Å². The van der Waals surface area contributed by atoms with Gasteiger partial charge >= 0.3 is 5.57 Å². The second-order valence-electron chi connectivity index (χ2n) is 7.18. The fourth-order valence-electron chi connectivity index (χ4n) is 3.47. The number of carbonyl (C=O) groups is 1. The lowest BCUT2D eigenvalue weighted by molar-refractivity contribution is -0.0964. The van der Waals surface area contributed by atoms with Crippen molar-refractivity contribution in [2.24, 2.45) is 7.05 Å². The number of alkyl halides is 3. The number of carbonyl (C=O) groups excluding carboxylic acids is 1. The Balaban J connectivity index is 1.69. The number of anilines is 1. The summed E-state index contributed by atoms with van der Waals surface area (Å²) in [5, 5.41) is 2.75. The van der Waals surface area contributed by atoms with E-state index in [1.165, 1.54) is 24.3 Å². The highest BCUT2D eigenvalue weighted by Gasteiger charge is 2.27. The molecule has 10 heteroatoms. The molecular formula is C23H19ClF2N4O3. The summed E-state index contributed by atoms with van der Waals surface area (Å²) in [5.74, 6) is 0.187. The molecule has 0 radical (unpaired) electrons. The van der Waals surface area contributed by atoms with E-state index in [2.05, 4.69) is 20.0 Å². The number of benzene rings is 2. The smallest absolute Gasteiger partial charge is 0.420 e. The van der Waals surface area contributed by atoms with E-state index in [0.717, 1.165) is 16.6 Å². The van der Waals surface area contributed by atoms with Gasteiger partial charge in [0.05, 0.1) is 11.0 Å². The van der Waals surface area contributed by atoms with Crippen LogP contribution in [-0.4, -0.2) is 33.1 Å². The van der Waals surface area contributed by atoms with Crippen LogP contribution in [0, 0.1) is 0 Å². The molecule has 1 N–H and O–H groups in total. The van der Waals surface area contributed by atoms with Crippen molar-refractivity contribution in [3.8, 4) is 16.9 Å². The maximum Gasteiger partial charge on any atom is 0.487 e. The van der Waals surface area contributed by atoms with Gasteiger partial charge in [0.15, 0.2) is 0 Å². The van der Waals surface area contributed by atoms with Crippen LogP contribution in [0.1, 0.15) is 16.2 Å². The third kappa shape index (κ3) is 5.10. The molecule has 0 spiro atoms. The summed E-state index contributed by atoms with van der Waals surface area (Å²) in [6.07, 6.45) is 3.38. The largest absolute Gasteiger partial charge is 0.487 e. The van der Waals surface area contributed by atoms with E-state index < -0.39 is 11.5 Å². The zero-order valence-corrected chi connectivity index (χ0v) is 18.4. The number of amides is 1. The van der Waals surface area contributed by atoms with Crippen molar-refractivity contribution in [1.29, 1.82) is 0 Å². The van der Waals surface area contributed by atoms with E-state index in [9.17, 15) is 13.6 Å². The predicted molar refractivity (Wildman–Crippen MR) is 120 cm³/mol. The molecule has 2 aromatic carbocycles. The SMILES string of the molecule is COCc1nc2cc(C(=O)Nc3ccc(OC(F)(F)Cl)cc3)cc(-c3cccnc3)c2n1C. The average Bonchev–Trinajstić information content (AvgIpc) is 3.09. The topological polar surface area (TPSA) is 78.3 Å². The van der Waals surface area contributed by atoms with Gasteiger partial charge in [-0.3, -0.25) is 9.78 Å². The molecule has 0 bridgehead atoms. The van der Waals surface area contributed by atoms with Crippen LogP contribution < -0.4 is 10.1 Å². The van der Waals surface area contributed by atoms with Crippen LogP contribution in [0.15, 0.2) is 60.9 Å². The maximum absolute atomic E-state index is 13.0. The van der Waals surface area contributed by atoms with Gasteiger partial charge in [0, 0.05) is 60.5 Å².